The van der Waals surface area contributed by atoms with E-state index in [0.29, 0.717) is 25.7 Å². The van der Waals surface area contributed by atoms with Crippen molar-refractivity contribution in [3.63, 3.8) is 0 Å². The number of allylic oxidation sites excluding steroid dienone is 19. The highest BCUT2D eigenvalue weighted by molar-refractivity contribution is 7.47. The molecule has 5 atom stereocenters. The first-order chi connectivity index (χ1) is 48.7. The third-order valence-electron chi connectivity index (χ3n) is 15.9. The van der Waals surface area contributed by atoms with E-state index in [0.717, 1.165) is 154 Å². The van der Waals surface area contributed by atoms with Crippen LogP contribution in [-0.4, -0.2) is 96.7 Å². The molecule has 574 valence electrons. The normalized spacial score (nSPS) is 14.6. The van der Waals surface area contributed by atoms with Gasteiger partial charge in [0.25, 0.3) is 0 Å². The van der Waals surface area contributed by atoms with Gasteiger partial charge in [0.2, 0.25) is 0 Å². The van der Waals surface area contributed by atoms with Crippen molar-refractivity contribution in [1.82, 2.24) is 0 Å². The maximum atomic E-state index is 13.1. The fraction of sp³-hybridized carbons (Fsp3) is 0.704. The van der Waals surface area contributed by atoms with E-state index < -0.39 is 97.5 Å². The number of unbranched alkanes of at least 4 members (excludes halogenated alkanes) is 27. The smallest absolute Gasteiger partial charge is 0.462 e. The number of aliphatic hydroxyl groups excluding tert-OH is 1. The lowest BCUT2D eigenvalue weighted by molar-refractivity contribution is -0.161. The van der Waals surface area contributed by atoms with E-state index >= 15 is 0 Å². The SMILES string of the molecule is CC/C=C\C/C=C\C/C=C\C/C=C\C/C=C\CC(=O)OCC(COP(=O)(O)OCC(O)COP(=O)(O)OCC(COC(=O)CCCCCCC/C=C\C/C=C\C/C=C\CC)OC(=O)CCCCCCC/C=C\CCCCCCCC)OC(=O)CCCCCCC/C=C\CCCCCCCC. The third-order valence-corrected chi connectivity index (χ3v) is 17.8. The van der Waals surface area contributed by atoms with Gasteiger partial charge in [-0.05, 0) is 135 Å². The highest BCUT2D eigenvalue weighted by Gasteiger charge is 2.30. The number of phosphoric ester groups is 2. The number of phosphoric acid groups is 2. The Hall–Kier alpha value is -4.54. The molecule has 0 rings (SSSR count). The molecule has 0 spiro atoms. The summed E-state index contributed by atoms with van der Waals surface area (Å²) in [6.45, 7) is 4.50. The number of aliphatic hydroxyl groups is 1. The van der Waals surface area contributed by atoms with Crippen LogP contribution in [0, 0.1) is 0 Å². The second kappa shape index (κ2) is 72.8. The Morgan fingerprint density at radius 3 is 0.900 bits per heavy atom. The van der Waals surface area contributed by atoms with Crippen molar-refractivity contribution in [2.75, 3.05) is 39.6 Å². The van der Waals surface area contributed by atoms with E-state index in [9.17, 15) is 43.2 Å². The largest absolute Gasteiger partial charge is 0.472 e. The topological polar surface area (TPSA) is 237 Å². The van der Waals surface area contributed by atoms with Gasteiger partial charge in [-0.25, -0.2) is 9.13 Å². The highest BCUT2D eigenvalue weighted by Crippen LogP contribution is 2.45. The molecule has 0 aromatic heterocycles. The molecule has 0 aromatic rings. The van der Waals surface area contributed by atoms with E-state index in [1.54, 1.807) is 6.08 Å². The van der Waals surface area contributed by atoms with Crippen LogP contribution in [0.5, 0.6) is 0 Å². The number of carbonyl (C=O) groups is 4. The van der Waals surface area contributed by atoms with Crippen LogP contribution >= 0.6 is 15.6 Å². The zero-order valence-corrected chi connectivity index (χ0v) is 64.4. The quantitative estimate of drug-likeness (QED) is 0.0169. The van der Waals surface area contributed by atoms with Gasteiger partial charge in [0, 0.05) is 19.3 Å². The predicted molar refractivity (Wildman–Crippen MR) is 408 cm³/mol. The lowest BCUT2D eigenvalue weighted by Gasteiger charge is -2.21. The molecule has 0 fully saturated rings. The molecular formula is C81H138O17P2. The molecule has 0 heterocycles. The molecule has 100 heavy (non-hydrogen) atoms. The van der Waals surface area contributed by atoms with Gasteiger partial charge in [0.05, 0.1) is 32.8 Å². The first-order valence-corrected chi connectivity index (χ1v) is 41.8. The summed E-state index contributed by atoms with van der Waals surface area (Å²) < 4.78 is 68.4. The molecule has 3 N–H and O–H groups in total. The average molecular weight is 1450 g/mol. The molecule has 0 aliphatic heterocycles. The van der Waals surface area contributed by atoms with E-state index in [-0.39, 0.29) is 25.7 Å². The van der Waals surface area contributed by atoms with Gasteiger partial charge in [-0.3, -0.25) is 37.3 Å². The van der Waals surface area contributed by atoms with Crippen LogP contribution in [0.3, 0.4) is 0 Å². The molecule has 0 saturated heterocycles. The van der Waals surface area contributed by atoms with Crippen molar-refractivity contribution in [2.45, 2.75) is 329 Å². The van der Waals surface area contributed by atoms with Crippen LogP contribution in [-0.2, 0) is 65.4 Å². The number of carbonyl (C=O) groups excluding carboxylic acids is 4. The minimum atomic E-state index is -5.00. The number of ether oxygens (including phenoxy) is 4. The van der Waals surface area contributed by atoms with Crippen molar-refractivity contribution in [3.05, 3.63) is 122 Å². The highest BCUT2D eigenvalue weighted by atomic mass is 31.2. The Bertz CT molecular complexity index is 2370. The van der Waals surface area contributed by atoms with Gasteiger partial charge in [0.1, 0.15) is 19.3 Å². The zero-order valence-electron chi connectivity index (χ0n) is 62.6. The Morgan fingerprint density at radius 1 is 0.300 bits per heavy atom. The van der Waals surface area contributed by atoms with Gasteiger partial charge < -0.3 is 33.8 Å². The van der Waals surface area contributed by atoms with Crippen molar-refractivity contribution in [3.8, 4) is 0 Å². The van der Waals surface area contributed by atoms with Gasteiger partial charge >= 0.3 is 39.5 Å². The summed E-state index contributed by atoms with van der Waals surface area (Å²) in [5, 5.41) is 10.6. The second-order valence-corrected chi connectivity index (χ2v) is 28.5. The van der Waals surface area contributed by atoms with Crippen LogP contribution in [0.2, 0.25) is 0 Å². The van der Waals surface area contributed by atoms with Gasteiger partial charge in [-0.2, -0.15) is 0 Å². The van der Waals surface area contributed by atoms with E-state index in [2.05, 4.69) is 125 Å². The molecule has 5 unspecified atom stereocenters. The van der Waals surface area contributed by atoms with Crippen LogP contribution < -0.4 is 0 Å². The fourth-order valence-corrected chi connectivity index (χ4v) is 11.6. The monoisotopic (exact) mass is 1440 g/mol. The Labute approximate surface area is 606 Å². The van der Waals surface area contributed by atoms with Crippen molar-refractivity contribution < 1.29 is 80.2 Å². The summed E-state index contributed by atoms with van der Waals surface area (Å²) >= 11 is 0. The minimum absolute atomic E-state index is 0.0637. The molecule has 0 aromatic carbocycles. The van der Waals surface area contributed by atoms with E-state index in [1.807, 2.05) is 18.2 Å². The Balaban J connectivity index is 5.44. The van der Waals surface area contributed by atoms with E-state index in [1.165, 1.54) is 77.0 Å². The lowest BCUT2D eigenvalue weighted by atomic mass is 10.1. The number of hydrogen-bond donors (Lipinski definition) is 3. The average Bonchev–Trinajstić information content (AvgIpc) is 1.01. The molecule has 0 amide bonds. The summed E-state index contributed by atoms with van der Waals surface area (Å²) in [5.74, 6) is -2.36. The van der Waals surface area contributed by atoms with Crippen LogP contribution in [0.25, 0.3) is 0 Å². The second-order valence-electron chi connectivity index (χ2n) is 25.5. The van der Waals surface area contributed by atoms with Crippen molar-refractivity contribution in [1.29, 1.82) is 0 Å². The first-order valence-electron chi connectivity index (χ1n) is 38.8. The molecule has 0 saturated carbocycles. The molecule has 0 bridgehead atoms. The van der Waals surface area contributed by atoms with Gasteiger partial charge in [-0.1, -0.05) is 271 Å². The first kappa shape index (κ1) is 95.5. The summed E-state index contributed by atoms with van der Waals surface area (Å²) in [6.07, 6.45) is 79.3. The number of esters is 4. The van der Waals surface area contributed by atoms with Crippen LogP contribution in [0.15, 0.2) is 122 Å². The maximum Gasteiger partial charge on any atom is 0.472 e. The van der Waals surface area contributed by atoms with Gasteiger partial charge in [-0.15, -0.1) is 0 Å². The third kappa shape index (κ3) is 71.8. The van der Waals surface area contributed by atoms with Crippen molar-refractivity contribution >= 4 is 39.5 Å². The Morgan fingerprint density at radius 2 is 0.560 bits per heavy atom. The molecule has 19 heteroatoms. The number of hydrogen-bond acceptors (Lipinski definition) is 15. The summed E-state index contributed by atoms with van der Waals surface area (Å²) in [7, 11) is -9.99. The lowest BCUT2D eigenvalue weighted by Crippen LogP contribution is -2.30. The molecule has 0 aliphatic rings. The number of rotatable bonds is 72. The summed E-state index contributed by atoms with van der Waals surface area (Å²) in [6, 6.07) is 0. The van der Waals surface area contributed by atoms with E-state index in [4.69, 9.17) is 37.0 Å². The zero-order chi connectivity index (χ0) is 73.2. The maximum absolute atomic E-state index is 13.1. The van der Waals surface area contributed by atoms with Crippen LogP contribution in [0.1, 0.15) is 310 Å². The molecule has 0 radical (unpaired) electrons. The predicted octanol–water partition coefficient (Wildman–Crippen LogP) is 22.3. The fourth-order valence-electron chi connectivity index (χ4n) is 10.1. The molecular weight excluding hydrogens is 1310 g/mol. The van der Waals surface area contributed by atoms with Crippen molar-refractivity contribution in [2.24, 2.45) is 0 Å². The molecule has 17 nitrogen and oxygen atoms in total. The minimum Gasteiger partial charge on any atom is -0.462 e. The van der Waals surface area contributed by atoms with Gasteiger partial charge in [0.15, 0.2) is 12.2 Å². The summed E-state index contributed by atoms with van der Waals surface area (Å²) in [4.78, 5) is 72.8. The summed E-state index contributed by atoms with van der Waals surface area (Å²) in [5.41, 5.74) is 0. The standard InChI is InChI=1S/C81H138O17P2/c1-5-9-13-17-21-25-29-33-37-41-45-49-53-57-61-65-78(83)91-71-76(97-80(85)67-63-59-55-51-47-43-39-35-31-27-23-19-15-11-7-3)73-95-99(87,88)93-69-75(82)70-94-100(89,90)96-74-77(98-81(86)68-64-60-56-52-48-44-40-36-32-28-24-20-16-12-8-4)72-92-79(84)66-62-58-54-50-46-42-38-34-30-26-22-18-14-10-6-2/h9-10,13-14,21-22,25-26,33-40,45,49,57,61,75-77,82H,5-8,11-12,15-20,23-24,27-32,41-44,46-48,50-56,58-60,62-74H2,1-4H3,(H,87,88)(H,89,90)/b13-9-,14-10-,25-21-,26-22-,37-33-,38-34-,39-35-,40-36-,49-45-,61-57-. The Kier molecular flexibility index (Phi) is 69.5. The molecule has 0 aliphatic carbocycles. The van der Waals surface area contributed by atoms with Crippen LogP contribution in [0.4, 0.5) is 0 Å².